The van der Waals surface area contributed by atoms with Gasteiger partial charge < -0.3 is 4.74 Å². The molecule has 112 valence electrons. The molecule has 0 bridgehead atoms. The maximum Gasteiger partial charge on any atom is 0.306 e. The molecule has 0 amide bonds. The molecule has 2 aliphatic rings. The summed E-state index contributed by atoms with van der Waals surface area (Å²) in [4.78, 5) is 23.5. The van der Waals surface area contributed by atoms with Crippen molar-refractivity contribution in [1.82, 2.24) is 0 Å². The minimum Gasteiger partial charge on any atom is -0.461 e. The maximum atomic E-state index is 12.0. The van der Waals surface area contributed by atoms with Crippen LogP contribution in [0.5, 0.6) is 0 Å². The predicted octanol–water partition coefficient (Wildman–Crippen LogP) is 3.96. The van der Waals surface area contributed by atoms with Crippen molar-refractivity contribution in [2.75, 3.05) is 0 Å². The molecule has 0 spiro atoms. The zero-order valence-corrected chi connectivity index (χ0v) is 12.7. The fourth-order valence-electron chi connectivity index (χ4n) is 3.42. The van der Waals surface area contributed by atoms with Gasteiger partial charge in [0.15, 0.2) is 5.78 Å². The van der Waals surface area contributed by atoms with E-state index in [0.29, 0.717) is 12.8 Å². The van der Waals surface area contributed by atoms with Crippen LogP contribution in [0.1, 0.15) is 71.6 Å². The average molecular weight is 278 g/mol. The van der Waals surface area contributed by atoms with E-state index < -0.39 is 0 Å². The number of rotatable bonds is 5. The molecule has 0 unspecified atom stereocenters. The van der Waals surface area contributed by atoms with Crippen molar-refractivity contribution >= 4 is 11.8 Å². The van der Waals surface area contributed by atoms with Gasteiger partial charge in [0.25, 0.3) is 0 Å². The number of hydrogen-bond donors (Lipinski definition) is 0. The molecule has 2 rings (SSSR count). The monoisotopic (exact) mass is 278 g/mol. The van der Waals surface area contributed by atoms with E-state index >= 15 is 0 Å². The first-order valence-corrected chi connectivity index (χ1v) is 7.99. The fraction of sp³-hybridized carbons (Fsp3) is 0.765. The third-order valence-electron chi connectivity index (χ3n) is 4.84. The summed E-state index contributed by atoms with van der Waals surface area (Å²) >= 11 is 0. The van der Waals surface area contributed by atoms with Crippen molar-refractivity contribution in [3.8, 4) is 0 Å². The van der Waals surface area contributed by atoms with Crippen LogP contribution in [0.2, 0.25) is 0 Å². The van der Waals surface area contributed by atoms with Crippen molar-refractivity contribution in [3.63, 3.8) is 0 Å². The standard InChI is InChI=1S/C17H26O3/c1-3-4-5-9-16(19)20-15-8-6-7-13-12-14(18)10-11-17(13,15)2/h12,15H,3-11H2,1-2H3/t15-,17-/m0/s1. The van der Waals surface area contributed by atoms with Gasteiger partial charge in [0, 0.05) is 18.3 Å². The Hall–Kier alpha value is -1.12. The predicted molar refractivity (Wildman–Crippen MR) is 78.3 cm³/mol. The summed E-state index contributed by atoms with van der Waals surface area (Å²) in [5.41, 5.74) is 1.10. The van der Waals surface area contributed by atoms with Crippen LogP contribution >= 0.6 is 0 Å². The maximum absolute atomic E-state index is 12.0. The van der Waals surface area contributed by atoms with Gasteiger partial charge >= 0.3 is 5.97 Å². The van der Waals surface area contributed by atoms with Gasteiger partial charge in [-0.1, -0.05) is 32.3 Å². The van der Waals surface area contributed by atoms with E-state index in [0.717, 1.165) is 44.9 Å². The molecule has 20 heavy (non-hydrogen) atoms. The summed E-state index contributed by atoms with van der Waals surface area (Å²) in [7, 11) is 0. The lowest BCUT2D eigenvalue weighted by molar-refractivity contribution is -0.157. The van der Waals surface area contributed by atoms with E-state index in [1.807, 2.05) is 0 Å². The molecule has 0 aromatic rings. The smallest absolute Gasteiger partial charge is 0.306 e. The molecule has 0 heterocycles. The summed E-state index contributed by atoms with van der Waals surface area (Å²) in [5.74, 6) is 0.162. The van der Waals surface area contributed by atoms with Gasteiger partial charge in [0.1, 0.15) is 6.10 Å². The highest BCUT2D eigenvalue weighted by Gasteiger charge is 2.44. The highest BCUT2D eigenvalue weighted by Crippen LogP contribution is 2.47. The number of hydrogen-bond acceptors (Lipinski definition) is 3. The first-order chi connectivity index (χ1) is 9.56. The second kappa shape index (κ2) is 6.55. The molecule has 0 radical (unpaired) electrons. The van der Waals surface area contributed by atoms with Crippen LogP contribution in [0.15, 0.2) is 11.6 Å². The molecule has 0 N–H and O–H groups in total. The molecule has 3 heteroatoms. The lowest BCUT2D eigenvalue weighted by Gasteiger charge is -2.44. The molecule has 0 aliphatic heterocycles. The third-order valence-corrected chi connectivity index (χ3v) is 4.84. The molecule has 0 aromatic carbocycles. The number of esters is 1. The van der Waals surface area contributed by atoms with Gasteiger partial charge in [-0.15, -0.1) is 0 Å². The summed E-state index contributed by atoms with van der Waals surface area (Å²) in [5, 5.41) is 0. The first kappa shape index (κ1) is 15.3. The summed E-state index contributed by atoms with van der Waals surface area (Å²) < 4.78 is 5.75. The Morgan fingerprint density at radius 2 is 2.20 bits per heavy atom. The number of unbranched alkanes of at least 4 members (excludes halogenated alkanes) is 2. The summed E-state index contributed by atoms with van der Waals surface area (Å²) in [6.07, 6.45) is 9.74. The van der Waals surface area contributed by atoms with Crippen LogP contribution in [-0.2, 0) is 14.3 Å². The Kier molecular flexibility index (Phi) is 5.00. The van der Waals surface area contributed by atoms with Crippen molar-refractivity contribution in [3.05, 3.63) is 11.6 Å². The minimum atomic E-state index is -0.105. The summed E-state index contributed by atoms with van der Waals surface area (Å²) in [6, 6.07) is 0. The lowest BCUT2D eigenvalue weighted by atomic mass is 9.64. The van der Waals surface area contributed by atoms with Crippen LogP contribution < -0.4 is 0 Å². The second-order valence-corrected chi connectivity index (χ2v) is 6.38. The van der Waals surface area contributed by atoms with Crippen LogP contribution in [0.25, 0.3) is 0 Å². The Bertz CT molecular complexity index is 410. The highest BCUT2D eigenvalue weighted by atomic mass is 16.5. The number of carbonyl (C=O) groups excluding carboxylic acids is 2. The number of carbonyl (C=O) groups is 2. The number of ketones is 1. The number of allylic oxidation sites excluding steroid dienone is 1. The Morgan fingerprint density at radius 3 is 2.95 bits per heavy atom. The molecule has 1 fully saturated rings. The van der Waals surface area contributed by atoms with E-state index in [-0.39, 0.29) is 23.3 Å². The van der Waals surface area contributed by atoms with E-state index in [4.69, 9.17) is 4.74 Å². The largest absolute Gasteiger partial charge is 0.461 e. The van der Waals surface area contributed by atoms with E-state index in [1.54, 1.807) is 6.08 Å². The Labute approximate surface area is 121 Å². The summed E-state index contributed by atoms with van der Waals surface area (Å²) in [6.45, 7) is 4.29. The molecule has 0 saturated heterocycles. The first-order valence-electron chi connectivity index (χ1n) is 7.99. The quantitative estimate of drug-likeness (QED) is 0.565. The molecule has 3 nitrogen and oxygen atoms in total. The van der Waals surface area contributed by atoms with Gasteiger partial charge in [-0.25, -0.2) is 0 Å². The molecule has 2 aliphatic carbocycles. The Morgan fingerprint density at radius 1 is 1.40 bits per heavy atom. The van der Waals surface area contributed by atoms with Crippen LogP contribution in [-0.4, -0.2) is 17.9 Å². The van der Waals surface area contributed by atoms with Gasteiger partial charge in [0.2, 0.25) is 0 Å². The Balaban J connectivity index is 1.99. The van der Waals surface area contributed by atoms with Crippen molar-refractivity contribution in [2.24, 2.45) is 5.41 Å². The normalized spacial score (nSPS) is 29.6. The molecular weight excluding hydrogens is 252 g/mol. The van der Waals surface area contributed by atoms with E-state index in [1.165, 1.54) is 5.57 Å². The molecule has 2 atom stereocenters. The number of fused-ring (bicyclic) bond motifs is 1. The van der Waals surface area contributed by atoms with Crippen LogP contribution in [0.3, 0.4) is 0 Å². The lowest BCUT2D eigenvalue weighted by Crippen LogP contribution is -2.43. The van der Waals surface area contributed by atoms with Gasteiger partial charge in [0.05, 0.1) is 0 Å². The van der Waals surface area contributed by atoms with Crippen molar-refractivity contribution in [1.29, 1.82) is 0 Å². The molecule has 0 aromatic heterocycles. The minimum absolute atomic E-state index is 0.0373. The SMILES string of the molecule is CCCCCC(=O)O[C@H]1CCCC2=CC(=O)CC[C@@]21C. The fourth-order valence-corrected chi connectivity index (χ4v) is 3.42. The van der Waals surface area contributed by atoms with Gasteiger partial charge in [-0.3, -0.25) is 9.59 Å². The number of ether oxygens (including phenoxy) is 1. The van der Waals surface area contributed by atoms with E-state index in [9.17, 15) is 9.59 Å². The van der Waals surface area contributed by atoms with Crippen LogP contribution in [0.4, 0.5) is 0 Å². The van der Waals surface area contributed by atoms with E-state index in [2.05, 4.69) is 13.8 Å². The zero-order valence-electron chi connectivity index (χ0n) is 12.7. The highest BCUT2D eigenvalue weighted by molar-refractivity contribution is 5.91. The molecular formula is C17H26O3. The second-order valence-electron chi connectivity index (χ2n) is 6.38. The van der Waals surface area contributed by atoms with Gasteiger partial charge in [-0.05, 0) is 38.2 Å². The average Bonchev–Trinajstić information content (AvgIpc) is 2.41. The van der Waals surface area contributed by atoms with Crippen LogP contribution in [0, 0.1) is 5.41 Å². The van der Waals surface area contributed by atoms with Gasteiger partial charge in [-0.2, -0.15) is 0 Å². The van der Waals surface area contributed by atoms with Crippen molar-refractivity contribution in [2.45, 2.75) is 77.7 Å². The topological polar surface area (TPSA) is 43.4 Å². The molecule has 1 saturated carbocycles. The zero-order chi connectivity index (χ0) is 14.6. The van der Waals surface area contributed by atoms with Crippen molar-refractivity contribution < 1.29 is 14.3 Å². The third kappa shape index (κ3) is 3.31.